The van der Waals surface area contributed by atoms with Crippen molar-refractivity contribution in [3.8, 4) is 17.2 Å². The van der Waals surface area contributed by atoms with Gasteiger partial charge in [0.15, 0.2) is 11.5 Å². The summed E-state index contributed by atoms with van der Waals surface area (Å²) >= 11 is 0. The van der Waals surface area contributed by atoms with Crippen molar-refractivity contribution in [2.24, 2.45) is 0 Å². The zero-order chi connectivity index (χ0) is 24.4. The number of alkyl halides is 3. The monoisotopic (exact) mass is 467 g/mol. The molecule has 2 N–H and O–H groups in total. The van der Waals surface area contributed by atoms with Crippen LogP contribution in [0.25, 0.3) is 0 Å². The number of nitrogens with one attached hydrogen (secondary N) is 2. The molecule has 2 aromatic carbocycles. The lowest BCUT2D eigenvalue weighted by molar-refractivity contribution is -0.200. The highest BCUT2D eigenvalue weighted by Crippen LogP contribution is 2.35. The molecule has 0 radical (unpaired) electrons. The number of hydrogen-bond acceptors (Lipinski definition) is 6. The molecule has 1 heterocycles. The van der Waals surface area contributed by atoms with Crippen molar-refractivity contribution >= 4 is 17.8 Å². The van der Waals surface area contributed by atoms with Crippen molar-refractivity contribution in [1.82, 2.24) is 15.5 Å². The van der Waals surface area contributed by atoms with Crippen LogP contribution in [-0.4, -0.2) is 55.9 Å². The number of halogens is 3. The minimum absolute atomic E-state index is 0.0918. The number of urea groups is 1. The van der Waals surface area contributed by atoms with Crippen molar-refractivity contribution in [2.45, 2.75) is 18.4 Å². The predicted octanol–water partition coefficient (Wildman–Crippen LogP) is 2.45. The molecule has 1 atom stereocenters. The van der Waals surface area contributed by atoms with Crippen molar-refractivity contribution in [3.63, 3.8) is 0 Å². The van der Waals surface area contributed by atoms with Crippen molar-refractivity contribution in [3.05, 3.63) is 53.6 Å². The van der Waals surface area contributed by atoms with Crippen LogP contribution in [-0.2, 0) is 11.3 Å². The molecule has 1 saturated heterocycles. The Morgan fingerprint density at radius 2 is 1.64 bits per heavy atom. The Morgan fingerprint density at radius 1 is 1.00 bits per heavy atom. The summed E-state index contributed by atoms with van der Waals surface area (Å²) in [5.74, 6) is -2.09. The van der Waals surface area contributed by atoms with Gasteiger partial charge in [-0.15, -0.1) is 0 Å². The number of hydrogen-bond donors (Lipinski definition) is 2. The van der Waals surface area contributed by atoms with Gasteiger partial charge in [0, 0.05) is 5.56 Å². The van der Waals surface area contributed by atoms with Gasteiger partial charge >= 0.3 is 12.2 Å². The van der Waals surface area contributed by atoms with Gasteiger partial charge in [0.1, 0.15) is 5.75 Å². The lowest BCUT2D eigenvalue weighted by Gasteiger charge is -2.30. The topological polar surface area (TPSA) is 106 Å². The average Bonchev–Trinajstić information content (AvgIpc) is 3.03. The Bertz CT molecular complexity index is 1070. The van der Waals surface area contributed by atoms with Crippen LogP contribution in [0.5, 0.6) is 17.2 Å². The van der Waals surface area contributed by atoms with E-state index in [2.05, 4.69) is 0 Å². The number of imide groups is 1. The Labute approximate surface area is 186 Å². The van der Waals surface area contributed by atoms with E-state index in [1.807, 2.05) is 0 Å². The second-order valence-corrected chi connectivity index (χ2v) is 6.94. The summed E-state index contributed by atoms with van der Waals surface area (Å²) in [6.07, 6.45) is -5.33. The lowest BCUT2D eigenvalue weighted by atomic mass is 10.1. The number of benzene rings is 2. The second kappa shape index (κ2) is 8.88. The highest BCUT2D eigenvalue weighted by Gasteiger charge is 2.68. The van der Waals surface area contributed by atoms with Gasteiger partial charge in [-0.3, -0.25) is 19.8 Å². The first-order valence-corrected chi connectivity index (χ1v) is 9.44. The van der Waals surface area contributed by atoms with Crippen molar-refractivity contribution in [1.29, 1.82) is 0 Å². The molecule has 4 amide bonds. The number of carbonyl (C=O) groups is 3. The minimum Gasteiger partial charge on any atom is -0.497 e. The first kappa shape index (κ1) is 23.7. The smallest absolute Gasteiger partial charge is 0.440 e. The number of ether oxygens (including phenoxy) is 3. The third-order valence-corrected chi connectivity index (χ3v) is 4.98. The van der Waals surface area contributed by atoms with E-state index >= 15 is 0 Å². The molecular formula is C21H20F3N3O6. The van der Waals surface area contributed by atoms with Gasteiger partial charge < -0.3 is 19.5 Å². The molecular weight excluding hydrogens is 447 g/mol. The molecule has 0 spiro atoms. The Morgan fingerprint density at radius 3 is 2.18 bits per heavy atom. The van der Waals surface area contributed by atoms with E-state index in [1.54, 1.807) is 10.6 Å². The van der Waals surface area contributed by atoms with E-state index in [-0.39, 0.29) is 17.1 Å². The van der Waals surface area contributed by atoms with E-state index in [0.717, 1.165) is 6.07 Å². The summed E-state index contributed by atoms with van der Waals surface area (Å²) in [4.78, 5) is 38.2. The number of nitrogens with zero attached hydrogens (tertiary/aromatic N) is 1. The number of carbonyl (C=O) groups excluding carboxylic acids is 3. The second-order valence-electron chi connectivity index (χ2n) is 6.94. The molecule has 0 aromatic heterocycles. The molecule has 1 fully saturated rings. The SMILES string of the molecule is COc1ccc(CN2C(=O)NC(NC(=O)c3ccc(OC)c(OC)c3)(C(F)(F)F)C2=O)cc1. The summed E-state index contributed by atoms with van der Waals surface area (Å²) in [5, 5.41) is 3.25. The Balaban J connectivity index is 1.90. The highest BCUT2D eigenvalue weighted by molar-refractivity contribution is 6.10. The molecule has 2 aromatic rings. The van der Waals surface area contributed by atoms with Crippen LogP contribution in [0.15, 0.2) is 42.5 Å². The zero-order valence-corrected chi connectivity index (χ0v) is 17.8. The normalized spacial score (nSPS) is 18.1. The lowest BCUT2D eigenvalue weighted by Crippen LogP contribution is -2.69. The van der Waals surface area contributed by atoms with Gasteiger partial charge in [-0.25, -0.2) is 4.79 Å². The largest absolute Gasteiger partial charge is 0.497 e. The van der Waals surface area contributed by atoms with Gasteiger partial charge in [0.05, 0.1) is 27.9 Å². The molecule has 1 aliphatic heterocycles. The van der Waals surface area contributed by atoms with Crippen LogP contribution in [0.1, 0.15) is 15.9 Å². The summed E-state index contributed by atoms with van der Waals surface area (Å²) in [7, 11) is 4.07. The number of methoxy groups -OCH3 is 3. The molecule has 176 valence electrons. The summed E-state index contributed by atoms with van der Waals surface area (Å²) in [5.41, 5.74) is -3.50. The van der Waals surface area contributed by atoms with Crippen molar-refractivity contribution in [2.75, 3.05) is 21.3 Å². The van der Waals surface area contributed by atoms with E-state index in [1.165, 1.54) is 57.7 Å². The molecule has 9 nitrogen and oxygen atoms in total. The maximum atomic E-state index is 14.1. The van der Waals surface area contributed by atoms with Gasteiger partial charge in [-0.05, 0) is 35.9 Å². The molecule has 1 aliphatic rings. The fourth-order valence-corrected chi connectivity index (χ4v) is 3.20. The first-order chi connectivity index (χ1) is 15.6. The maximum Gasteiger partial charge on any atom is 0.440 e. The third kappa shape index (κ3) is 4.36. The van der Waals surface area contributed by atoms with Crippen LogP contribution >= 0.6 is 0 Å². The van der Waals surface area contributed by atoms with E-state index < -0.39 is 36.2 Å². The fraction of sp³-hybridized carbons (Fsp3) is 0.286. The molecule has 12 heteroatoms. The number of amides is 4. The van der Waals surface area contributed by atoms with Crippen LogP contribution in [0.4, 0.5) is 18.0 Å². The molecule has 1 unspecified atom stereocenters. The summed E-state index contributed by atoms with van der Waals surface area (Å²) in [6.45, 7) is -0.446. The fourth-order valence-electron chi connectivity index (χ4n) is 3.20. The van der Waals surface area contributed by atoms with E-state index in [0.29, 0.717) is 16.2 Å². The van der Waals surface area contributed by atoms with Gasteiger partial charge in [-0.1, -0.05) is 12.1 Å². The highest BCUT2D eigenvalue weighted by atomic mass is 19.4. The van der Waals surface area contributed by atoms with E-state index in [9.17, 15) is 27.6 Å². The van der Waals surface area contributed by atoms with Crippen LogP contribution in [0, 0.1) is 0 Å². The maximum absolute atomic E-state index is 14.1. The predicted molar refractivity (Wildman–Crippen MR) is 108 cm³/mol. The third-order valence-electron chi connectivity index (χ3n) is 4.98. The van der Waals surface area contributed by atoms with Crippen LogP contribution < -0.4 is 24.8 Å². The minimum atomic E-state index is -5.33. The first-order valence-electron chi connectivity index (χ1n) is 9.44. The van der Waals surface area contributed by atoms with Gasteiger partial charge in [0.25, 0.3) is 17.5 Å². The standard InChI is InChI=1S/C21H20F3N3O6/c1-31-14-7-4-12(5-8-14)11-27-18(29)20(21(22,23)24,26-19(27)30)25-17(28)13-6-9-15(32-2)16(10-13)33-3/h4-10H,11H2,1-3H3,(H,25,28)(H,26,30). The van der Waals surface area contributed by atoms with Crippen LogP contribution in [0.2, 0.25) is 0 Å². The van der Waals surface area contributed by atoms with Crippen LogP contribution in [0.3, 0.4) is 0 Å². The molecule has 0 aliphatic carbocycles. The average molecular weight is 467 g/mol. The quantitative estimate of drug-likeness (QED) is 0.606. The molecule has 0 saturated carbocycles. The molecule has 3 rings (SSSR count). The van der Waals surface area contributed by atoms with Gasteiger partial charge in [0.2, 0.25) is 0 Å². The van der Waals surface area contributed by atoms with E-state index in [4.69, 9.17) is 14.2 Å². The molecule has 0 bridgehead atoms. The van der Waals surface area contributed by atoms with Crippen molar-refractivity contribution < 1.29 is 41.8 Å². The zero-order valence-electron chi connectivity index (χ0n) is 17.8. The Kier molecular flexibility index (Phi) is 6.38. The van der Waals surface area contributed by atoms with Gasteiger partial charge in [-0.2, -0.15) is 13.2 Å². The summed E-state index contributed by atoms with van der Waals surface area (Å²) in [6, 6.07) is 8.41. The Hall–Kier alpha value is -3.96. The molecule has 33 heavy (non-hydrogen) atoms. The number of rotatable bonds is 7. The summed E-state index contributed by atoms with van der Waals surface area (Å²) < 4.78 is 57.2.